The maximum Gasteiger partial charge on any atom is 0.168 e. The molecule has 0 amide bonds. The first-order chi connectivity index (χ1) is 7.56. The average molecular weight is 259 g/mol. The lowest BCUT2D eigenvalue weighted by Crippen LogP contribution is -1.98. The Labute approximate surface area is 98.7 Å². The molecule has 7 heteroatoms. The molecule has 0 saturated carbocycles. The maximum absolute atomic E-state index is 13.3. The molecule has 2 aromatic heterocycles. The quantitative estimate of drug-likeness (QED) is 0.901. The maximum atomic E-state index is 13.3. The smallest absolute Gasteiger partial charge is 0.168 e. The highest BCUT2D eigenvalue weighted by atomic mass is 32.2. The summed E-state index contributed by atoms with van der Waals surface area (Å²) in [5.74, 6) is -1.89. The van der Waals surface area contributed by atoms with Crippen LogP contribution in [0.1, 0.15) is 5.69 Å². The Hall–Kier alpha value is -1.21. The Morgan fingerprint density at radius 1 is 1.31 bits per heavy atom. The first-order valence-electron chi connectivity index (χ1n) is 4.28. The van der Waals surface area contributed by atoms with Crippen LogP contribution in [0.15, 0.2) is 20.8 Å². The highest BCUT2D eigenvalue weighted by Crippen LogP contribution is 2.31. The van der Waals surface area contributed by atoms with Crippen molar-refractivity contribution in [2.75, 3.05) is 5.73 Å². The van der Waals surface area contributed by atoms with Gasteiger partial charge in [0.05, 0.1) is 0 Å². The predicted octanol–water partition coefficient (Wildman–Crippen LogP) is 2.86. The molecule has 0 radical (unpaired) electrons. The normalized spacial score (nSPS) is 10.7. The van der Waals surface area contributed by atoms with E-state index in [1.54, 1.807) is 0 Å². The number of nitrogens with two attached hydrogens (primary N) is 1. The van der Waals surface area contributed by atoms with Gasteiger partial charge in [-0.05, 0) is 18.7 Å². The Bertz CT molecular complexity index is 527. The summed E-state index contributed by atoms with van der Waals surface area (Å²) in [5.41, 5.74) is 6.12. The third kappa shape index (κ3) is 2.30. The van der Waals surface area contributed by atoms with Crippen molar-refractivity contribution in [3.8, 4) is 0 Å². The van der Waals surface area contributed by atoms with Gasteiger partial charge in [-0.15, -0.1) is 11.3 Å². The SMILES string of the molecule is Cc1csc(Sc2nc(N)c(F)cc2F)n1. The lowest BCUT2D eigenvalue weighted by molar-refractivity contribution is 0.552. The molecule has 0 aliphatic carbocycles. The largest absolute Gasteiger partial charge is 0.381 e. The summed E-state index contributed by atoms with van der Waals surface area (Å²) >= 11 is 2.41. The van der Waals surface area contributed by atoms with E-state index in [0.717, 1.165) is 23.5 Å². The van der Waals surface area contributed by atoms with E-state index in [2.05, 4.69) is 9.97 Å². The first kappa shape index (κ1) is 11.3. The molecule has 2 rings (SSSR count). The molecule has 2 N–H and O–H groups in total. The van der Waals surface area contributed by atoms with Gasteiger partial charge in [0, 0.05) is 17.1 Å². The van der Waals surface area contributed by atoms with Gasteiger partial charge >= 0.3 is 0 Å². The third-order valence-electron chi connectivity index (χ3n) is 1.71. The van der Waals surface area contributed by atoms with E-state index >= 15 is 0 Å². The fourth-order valence-electron chi connectivity index (χ4n) is 0.997. The van der Waals surface area contributed by atoms with Gasteiger partial charge in [0.2, 0.25) is 0 Å². The summed E-state index contributed by atoms with van der Waals surface area (Å²) in [7, 11) is 0. The molecule has 2 aromatic rings. The van der Waals surface area contributed by atoms with E-state index in [9.17, 15) is 8.78 Å². The highest BCUT2D eigenvalue weighted by molar-refractivity contribution is 8.01. The number of aromatic nitrogens is 2. The molecule has 16 heavy (non-hydrogen) atoms. The van der Waals surface area contributed by atoms with Crippen molar-refractivity contribution in [1.82, 2.24) is 9.97 Å². The minimum absolute atomic E-state index is 0.0354. The minimum Gasteiger partial charge on any atom is -0.381 e. The van der Waals surface area contributed by atoms with Gasteiger partial charge in [0.15, 0.2) is 21.8 Å². The van der Waals surface area contributed by atoms with Gasteiger partial charge in [-0.1, -0.05) is 0 Å². The molecule has 0 aromatic carbocycles. The lowest BCUT2D eigenvalue weighted by atomic mass is 10.4. The van der Waals surface area contributed by atoms with Crippen molar-refractivity contribution in [1.29, 1.82) is 0 Å². The number of anilines is 1. The van der Waals surface area contributed by atoms with Gasteiger partial charge < -0.3 is 5.73 Å². The molecule has 0 saturated heterocycles. The molecule has 84 valence electrons. The van der Waals surface area contributed by atoms with E-state index in [-0.39, 0.29) is 10.8 Å². The standard InChI is InChI=1S/C9H7F2N3S2/c1-4-3-15-9(13-4)16-8-6(11)2-5(10)7(12)14-8/h2-3H,1H3,(H2,12,14). The summed E-state index contributed by atoms with van der Waals surface area (Å²) in [6, 6.07) is 0.727. The number of nitrogen functional groups attached to an aromatic ring is 1. The summed E-state index contributed by atoms with van der Waals surface area (Å²) in [5, 5.41) is 1.88. The molecule has 0 aliphatic heterocycles. The number of thiazole rings is 1. The second-order valence-corrected chi connectivity index (χ2v) is 5.09. The second kappa shape index (κ2) is 4.34. The average Bonchev–Trinajstić information content (AvgIpc) is 2.60. The zero-order valence-electron chi connectivity index (χ0n) is 8.20. The van der Waals surface area contributed by atoms with Gasteiger partial charge in [-0.2, -0.15) is 0 Å². The van der Waals surface area contributed by atoms with Crippen molar-refractivity contribution in [3.63, 3.8) is 0 Å². The van der Waals surface area contributed by atoms with Crippen LogP contribution in [-0.2, 0) is 0 Å². The zero-order valence-corrected chi connectivity index (χ0v) is 9.83. The number of hydrogen-bond donors (Lipinski definition) is 1. The number of rotatable bonds is 2. The van der Waals surface area contributed by atoms with Gasteiger partial charge in [0.25, 0.3) is 0 Å². The molecule has 0 aliphatic rings. The van der Waals surface area contributed by atoms with Crippen LogP contribution < -0.4 is 5.73 Å². The van der Waals surface area contributed by atoms with Crippen molar-refractivity contribution in [2.45, 2.75) is 16.3 Å². The van der Waals surface area contributed by atoms with E-state index in [0.29, 0.717) is 4.34 Å². The fraction of sp³-hybridized carbons (Fsp3) is 0.111. The van der Waals surface area contributed by atoms with Crippen molar-refractivity contribution in [3.05, 3.63) is 28.8 Å². The van der Waals surface area contributed by atoms with Crippen molar-refractivity contribution in [2.24, 2.45) is 0 Å². The van der Waals surface area contributed by atoms with E-state index in [1.165, 1.54) is 11.3 Å². The second-order valence-electron chi connectivity index (χ2n) is 3.00. The molecule has 3 nitrogen and oxygen atoms in total. The Morgan fingerprint density at radius 3 is 2.69 bits per heavy atom. The summed E-state index contributed by atoms with van der Waals surface area (Å²) in [6.45, 7) is 1.84. The van der Waals surface area contributed by atoms with E-state index in [1.807, 2.05) is 12.3 Å². The van der Waals surface area contributed by atoms with Crippen LogP contribution in [0.5, 0.6) is 0 Å². The van der Waals surface area contributed by atoms with Crippen molar-refractivity contribution >= 4 is 28.9 Å². The summed E-state index contributed by atoms with van der Waals surface area (Å²) in [4.78, 5) is 7.77. The predicted molar refractivity (Wildman–Crippen MR) is 59.5 cm³/mol. The van der Waals surface area contributed by atoms with Crippen molar-refractivity contribution < 1.29 is 8.78 Å². The molecular formula is C9H7F2N3S2. The molecular weight excluding hydrogens is 252 g/mol. The third-order valence-corrected chi connectivity index (χ3v) is 3.74. The highest BCUT2D eigenvalue weighted by Gasteiger charge is 2.12. The van der Waals surface area contributed by atoms with Crippen LogP contribution in [0, 0.1) is 18.6 Å². The summed E-state index contributed by atoms with van der Waals surface area (Å²) in [6.07, 6.45) is 0. The van der Waals surface area contributed by atoms with E-state index < -0.39 is 11.6 Å². The van der Waals surface area contributed by atoms with Crippen LogP contribution in [0.2, 0.25) is 0 Å². The van der Waals surface area contributed by atoms with Gasteiger partial charge in [0.1, 0.15) is 5.03 Å². The van der Waals surface area contributed by atoms with Crippen LogP contribution in [0.25, 0.3) is 0 Å². The van der Waals surface area contributed by atoms with Crippen LogP contribution in [-0.4, -0.2) is 9.97 Å². The molecule has 0 spiro atoms. The molecule has 2 heterocycles. The number of pyridine rings is 1. The Balaban J connectivity index is 2.31. The number of nitrogens with zero attached hydrogens (tertiary/aromatic N) is 2. The summed E-state index contributed by atoms with van der Waals surface area (Å²) < 4.78 is 26.8. The Morgan fingerprint density at radius 2 is 2.06 bits per heavy atom. The van der Waals surface area contributed by atoms with Crippen LogP contribution in [0.3, 0.4) is 0 Å². The zero-order chi connectivity index (χ0) is 11.7. The lowest BCUT2D eigenvalue weighted by Gasteiger charge is -2.01. The van der Waals surface area contributed by atoms with Gasteiger partial charge in [-0.25, -0.2) is 18.7 Å². The molecule has 0 bridgehead atoms. The van der Waals surface area contributed by atoms with Crippen LogP contribution >= 0.6 is 23.1 Å². The topological polar surface area (TPSA) is 51.8 Å². The molecule has 0 unspecified atom stereocenters. The molecule has 0 atom stereocenters. The van der Waals surface area contributed by atoms with E-state index in [4.69, 9.17) is 5.73 Å². The number of hydrogen-bond acceptors (Lipinski definition) is 5. The number of halogens is 2. The van der Waals surface area contributed by atoms with Crippen LogP contribution in [0.4, 0.5) is 14.6 Å². The first-order valence-corrected chi connectivity index (χ1v) is 5.97. The van der Waals surface area contributed by atoms with Gasteiger partial charge in [-0.3, -0.25) is 0 Å². The fourth-order valence-corrected chi connectivity index (χ4v) is 2.75. The minimum atomic E-state index is -0.850. The number of aryl methyl sites for hydroxylation is 1. The Kier molecular flexibility index (Phi) is 3.06. The monoisotopic (exact) mass is 259 g/mol. The molecule has 0 fully saturated rings.